The monoisotopic (exact) mass is 309 g/mol. The Labute approximate surface area is 134 Å². The van der Waals surface area contributed by atoms with E-state index in [9.17, 15) is 4.79 Å². The summed E-state index contributed by atoms with van der Waals surface area (Å²) in [7, 11) is 0. The van der Waals surface area contributed by atoms with Crippen LogP contribution in [-0.4, -0.2) is 61.8 Å². The molecule has 5 heteroatoms. The van der Waals surface area contributed by atoms with Crippen molar-refractivity contribution in [1.82, 2.24) is 15.5 Å². The van der Waals surface area contributed by atoms with Crippen LogP contribution in [0.15, 0.2) is 0 Å². The van der Waals surface area contributed by atoms with Gasteiger partial charge in [-0.25, -0.2) is 0 Å². The minimum absolute atomic E-state index is 0.0447. The maximum atomic E-state index is 12.3. The quantitative estimate of drug-likeness (QED) is 0.803. The molecular weight excluding hydrogens is 278 g/mol. The third kappa shape index (κ3) is 4.00. The smallest absolute Gasteiger partial charge is 0.222 e. The van der Waals surface area contributed by atoms with Crippen LogP contribution in [0.3, 0.4) is 0 Å². The number of carbonyl (C=O) groups excluding carboxylic acids is 1. The summed E-state index contributed by atoms with van der Waals surface area (Å²) >= 11 is 0. The topological polar surface area (TPSA) is 53.6 Å². The number of hydrogen-bond donors (Lipinski definition) is 2. The van der Waals surface area contributed by atoms with E-state index in [0.717, 1.165) is 26.2 Å². The summed E-state index contributed by atoms with van der Waals surface area (Å²) in [6, 6.07) is 0. The van der Waals surface area contributed by atoms with Crippen molar-refractivity contribution in [1.29, 1.82) is 0 Å². The number of hydrogen-bond acceptors (Lipinski definition) is 4. The largest absolute Gasteiger partial charge is 0.375 e. The SMILES string of the molecule is O=C(CC1CNCCO1)NCC1(N2CCCCC2)CCCC1. The molecule has 126 valence electrons. The Kier molecular flexibility index (Phi) is 5.71. The summed E-state index contributed by atoms with van der Waals surface area (Å²) < 4.78 is 5.63. The van der Waals surface area contributed by atoms with Gasteiger partial charge in [0.1, 0.15) is 0 Å². The molecule has 3 aliphatic rings. The predicted octanol–water partition coefficient (Wildman–Crippen LogP) is 1.28. The molecule has 2 saturated heterocycles. The first-order chi connectivity index (χ1) is 10.8. The Morgan fingerprint density at radius 1 is 1.18 bits per heavy atom. The summed E-state index contributed by atoms with van der Waals surface area (Å²) in [5, 5.41) is 6.51. The summed E-state index contributed by atoms with van der Waals surface area (Å²) in [5.74, 6) is 0.150. The normalized spacial score (nSPS) is 29.4. The van der Waals surface area contributed by atoms with Gasteiger partial charge in [-0.15, -0.1) is 0 Å². The molecule has 0 aromatic rings. The van der Waals surface area contributed by atoms with Crippen molar-refractivity contribution in [2.24, 2.45) is 0 Å². The van der Waals surface area contributed by atoms with Crippen LogP contribution in [-0.2, 0) is 9.53 Å². The molecule has 1 atom stereocenters. The highest BCUT2D eigenvalue weighted by molar-refractivity contribution is 5.76. The molecule has 1 saturated carbocycles. The van der Waals surface area contributed by atoms with E-state index < -0.39 is 0 Å². The molecule has 0 radical (unpaired) electrons. The van der Waals surface area contributed by atoms with Gasteiger partial charge in [-0.2, -0.15) is 0 Å². The lowest BCUT2D eigenvalue weighted by Gasteiger charge is -2.43. The highest BCUT2D eigenvalue weighted by Crippen LogP contribution is 2.36. The van der Waals surface area contributed by atoms with E-state index in [1.807, 2.05) is 0 Å². The zero-order valence-electron chi connectivity index (χ0n) is 13.7. The molecule has 2 heterocycles. The lowest BCUT2D eigenvalue weighted by molar-refractivity contribution is -0.125. The van der Waals surface area contributed by atoms with E-state index in [2.05, 4.69) is 15.5 Å². The molecular formula is C17H31N3O2. The predicted molar refractivity (Wildman–Crippen MR) is 86.9 cm³/mol. The molecule has 1 unspecified atom stereocenters. The minimum atomic E-state index is 0.0447. The fraction of sp³-hybridized carbons (Fsp3) is 0.941. The summed E-state index contributed by atoms with van der Waals surface area (Å²) in [5.41, 5.74) is 0.238. The number of likely N-dealkylation sites (tertiary alicyclic amines) is 1. The Morgan fingerprint density at radius 2 is 1.95 bits per heavy atom. The van der Waals surface area contributed by atoms with Crippen molar-refractivity contribution >= 4 is 5.91 Å². The number of carbonyl (C=O) groups is 1. The first-order valence-electron chi connectivity index (χ1n) is 9.13. The Balaban J connectivity index is 1.49. The molecule has 3 rings (SSSR count). The third-order valence-electron chi connectivity index (χ3n) is 5.59. The maximum Gasteiger partial charge on any atom is 0.222 e. The van der Waals surface area contributed by atoms with Crippen molar-refractivity contribution in [3.05, 3.63) is 0 Å². The molecule has 0 aromatic carbocycles. The molecule has 5 nitrogen and oxygen atoms in total. The van der Waals surface area contributed by atoms with Gasteiger partial charge < -0.3 is 15.4 Å². The second kappa shape index (κ2) is 7.75. The first-order valence-corrected chi connectivity index (χ1v) is 9.13. The number of nitrogens with zero attached hydrogens (tertiary/aromatic N) is 1. The second-order valence-electron chi connectivity index (χ2n) is 7.16. The van der Waals surface area contributed by atoms with Crippen molar-refractivity contribution < 1.29 is 9.53 Å². The maximum absolute atomic E-state index is 12.3. The first kappa shape index (κ1) is 16.2. The number of morpholine rings is 1. The fourth-order valence-corrected chi connectivity index (χ4v) is 4.30. The van der Waals surface area contributed by atoms with Crippen LogP contribution in [0.2, 0.25) is 0 Å². The minimum Gasteiger partial charge on any atom is -0.375 e. The van der Waals surface area contributed by atoms with Crippen LogP contribution >= 0.6 is 0 Å². The van der Waals surface area contributed by atoms with Crippen molar-refractivity contribution in [2.75, 3.05) is 39.3 Å². The second-order valence-corrected chi connectivity index (χ2v) is 7.16. The number of rotatable bonds is 5. The lowest BCUT2D eigenvalue weighted by Crippen LogP contribution is -2.56. The molecule has 2 N–H and O–H groups in total. The molecule has 1 amide bonds. The number of piperidine rings is 1. The van der Waals surface area contributed by atoms with Crippen LogP contribution in [0.4, 0.5) is 0 Å². The zero-order valence-corrected chi connectivity index (χ0v) is 13.7. The standard InChI is InChI=1S/C17H31N3O2/c21-16(12-15-13-18-8-11-22-15)19-14-17(6-2-3-7-17)20-9-4-1-5-10-20/h15,18H,1-14H2,(H,19,21). The van der Waals surface area contributed by atoms with Crippen molar-refractivity contribution in [3.8, 4) is 0 Å². The molecule has 2 aliphatic heterocycles. The van der Waals surface area contributed by atoms with E-state index in [1.165, 1.54) is 58.0 Å². The summed E-state index contributed by atoms with van der Waals surface area (Å²) in [4.78, 5) is 14.9. The molecule has 0 bridgehead atoms. The van der Waals surface area contributed by atoms with Crippen LogP contribution in [0.25, 0.3) is 0 Å². The van der Waals surface area contributed by atoms with Crippen LogP contribution in [0.5, 0.6) is 0 Å². The van der Waals surface area contributed by atoms with Crippen molar-refractivity contribution in [3.63, 3.8) is 0 Å². The molecule has 3 fully saturated rings. The fourth-order valence-electron chi connectivity index (χ4n) is 4.30. The highest BCUT2D eigenvalue weighted by atomic mass is 16.5. The van der Waals surface area contributed by atoms with Gasteiger partial charge in [0.15, 0.2) is 0 Å². The van der Waals surface area contributed by atoms with E-state index in [-0.39, 0.29) is 17.6 Å². The Morgan fingerprint density at radius 3 is 2.64 bits per heavy atom. The van der Waals surface area contributed by atoms with Gasteiger partial charge in [0.2, 0.25) is 5.91 Å². The van der Waals surface area contributed by atoms with Gasteiger partial charge >= 0.3 is 0 Å². The van der Waals surface area contributed by atoms with Crippen molar-refractivity contribution in [2.45, 2.75) is 63.0 Å². The van der Waals surface area contributed by atoms with Gasteiger partial charge in [-0.3, -0.25) is 9.69 Å². The number of ether oxygens (including phenoxy) is 1. The zero-order chi connectivity index (χ0) is 15.3. The van der Waals surface area contributed by atoms with E-state index in [0.29, 0.717) is 6.42 Å². The molecule has 22 heavy (non-hydrogen) atoms. The van der Waals surface area contributed by atoms with E-state index in [4.69, 9.17) is 4.74 Å². The van der Waals surface area contributed by atoms with Crippen LogP contribution in [0, 0.1) is 0 Å². The Bertz CT molecular complexity index is 357. The van der Waals surface area contributed by atoms with E-state index in [1.54, 1.807) is 0 Å². The highest BCUT2D eigenvalue weighted by Gasteiger charge is 2.40. The van der Waals surface area contributed by atoms with Gasteiger partial charge in [0, 0.05) is 25.2 Å². The molecule has 0 spiro atoms. The summed E-state index contributed by atoms with van der Waals surface area (Å²) in [6.45, 7) is 5.67. The van der Waals surface area contributed by atoms with Crippen LogP contribution < -0.4 is 10.6 Å². The van der Waals surface area contributed by atoms with Gasteiger partial charge in [0.05, 0.1) is 19.1 Å². The van der Waals surface area contributed by atoms with Crippen LogP contribution in [0.1, 0.15) is 51.4 Å². The Hall–Kier alpha value is -0.650. The van der Waals surface area contributed by atoms with Gasteiger partial charge in [-0.1, -0.05) is 19.3 Å². The molecule has 0 aromatic heterocycles. The van der Waals surface area contributed by atoms with Gasteiger partial charge in [0.25, 0.3) is 0 Å². The average Bonchev–Trinajstić information content (AvgIpc) is 3.05. The third-order valence-corrected chi connectivity index (χ3v) is 5.59. The number of amides is 1. The molecule has 1 aliphatic carbocycles. The van der Waals surface area contributed by atoms with Gasteiger partial charge in [-0.05, 0) is 38.8 Å². The lowest BCUT2D eigenvalue weighted by atomic mass is 9.92. The summed E-state index contributed by atoms with van der Waals surface area (Å²) in [6.07, 6.45) is 9.64. The number of nitrogens with one attached hydrogen (secondary N) is 2. The average molecular weight is 309 g/mol. The van der Waals surface area contributed by atoms with E-state index >= 15 is 0 Å².